The number of rotatable bonds is 5. The Labute approximate surface area is 129 Å². The first kappa shape index (κ1) is 14.6. The van der Waals surface area contributed by atoms with E-state index in [1.165, 1.54) is 43.4 Å². The third-order valence-electron chi connectivity index (χ3n) is 4.46. The van der Waals surface area contributed by atoms with Gasteiger partial charge < -0.3 is 16.4 Å². The molecule has 0 saturated heterocycles. The molecule has 0 aliphatic heterocycles. The molecule has 1 heterocycles. The van der Waals surface area contributed by atoms with Gasteiger partial charge in [-0.2, -0.15) is 0 Å². The lowest BCUT2D eigenvalue weighted by Gasteiger charge is -2.28. The standard InChI is InChI=1S/C15H24N4OS/c1-2-9-4-3-5-11(8-9)17-14(20)12-13(16)19-15(21-12)18-10-6-7-10/h9-11H,2-8,16H2,1H3,(H,17,20)(H,18,19). The summed E-state index contributed by atoms with van der Waals surface area (Å²) < 4.78 is 0. The van der Waals surface area contributed by atoms with Crippen molar-refractivity contribution >= 4 is 28.2 Å². The van der Waals surface area contributed by atoms with Crippen LogP contribution in [0.5, 0.6) is 0 Å². The van der Waals surface area contributed by atoms with Gasteiger partial charge in [-0.05, 0) is 31.6 Å². The van der Waals surface area contributed by atoms with E-state index in [9.17, 15) is 4.79 Å². The number of thiazole rings is 1. The number of nitrogen functional groups attached to an aromatic ring is 1. The average molecular weight is 308 g/mol. The fourth-order valence-corrected chi connectivity index (χ4v) is 3.87. The Morgan fingerprint density at radius 2 is 2.14 bits per heavy atom. The largest absolute Gasteiger partial charge is 0.382 e. The molecule has 0 bridgehead atoms. The van der Waals surface area contributed by atoms with E-state index in [0.29, 0.717) is 16.7 Å². The normalized spacial score (nSPS) is 25.6. The van der Waals surface area contributed by atoms with Crippen LogP contribution in [0.4, 0.5) is 10.9 Å². The van der Waals surface area contributed by atoms with Crippen LogP contribution in [0.25, 0.3) is 0 Å². The van der Waals surface area contributed by atoms with E-state index >= 15 is 0 Å². The number of nitrogens with zero attached hydrogens (tertiary/aromatic N) is 1. The third kappa shape index (κ3) is 3.67. The number of amides is 1. The number of nitrogens with two attached hydrogens (primary N) is 1. The molecular formula is C15H24N4OS. The maximum absolute atomic E-state index is 12.4. The molecule has 1 amide bonds. The average Bonchev–Trinajstić information content (AvgIpc) is 3.20. The lowest BCUT2D eigenvalue weighted by atomic mass is 9.84. The van der Waals surface area contributed by atoms with Gasteiger partial charge >= 0.3 is 0 Å². The van der Waals surface area contributed by atoms with Gasteiger partial charge in [0.15, 0.2) is 5.13 Å². The predicted molar refractivity (Wildman–Crippen MR) is 86.7 cm³/mol. The zero-order valence-electron chi connectivity index (χ0n) is 12.5. The Kier molecular flexibility index (Phi) is 4.33. The quantitative estimate of drug-likeness (QED) is 0.781. The van der Waals surface area contributed by atoms with Crippen LogP contribution in [0.3, 0.4) is 0 Å². The SMILES string of the molecule is CCC1CCCC(NC(=O)c2sc(NC3CC3)nc2N)C1. The summed E-state index contributed by atoms with van der Waals surface area (Å²) in [6, 6.07) is 0.813. The van der Waals surface area contributed by atoms with E-state index < -0.39 is 0 Å². The van der Waals surface area contributed by atoms with E-state index in [0.717, 1.165) is 23.9 Å². The lowest BCUT2D eigenvalue weighted by molar-refractivity contribution is 0.0924. The smallest absolute Gasteiger partial charge is 0.265 e. The fraction of sp³-hybridized carbons (Fsp3) is 0.733. The number of nitrogens with one attached hydrogen (secondary N) is 2. The summed E-state index contributed by atoms with van der Waals surface area (Å²) in [5.41, 5.74) is 5.90. The van der Waals surface area contributed by atoms with Crippen LogP contribution in [0, 0.1) is 5.92 Å². The summed E-state index contributed by atoms with van der Waals surface area (Å²) in [5.74, 6) is 1.04. The van der Waals surface area contributed by atoms with Crippen molar-refractivity contribution in [1.82, 2.24) is 10.3 Å². The van der Waals surface area contributed by atoms with Crippen LogP contribution in [0.15, 0.2) is 0 Å². The van der Waals surface area contributed by atoms with Crippen molar-refractivity contribution < 1.29 is 4.79 Å². The highest BCUT2D eigenvalue weighted by atomic mass is 32.1. The van der Waals surface area contributed by atoms with Crippen molar-refractivity contribution in [2.45, 2.75) is 64.0 Å². The molecular weight excluding hydrogens is 284 g/mol. The Bertz CT molecular complexity index is 512. The number of hydrogen-bond acceptors (Lipinski definition) is 5. The minimum absolute atomic E-state index is 0.0596. The molecule has 1 aromatic heterocycles. The first-order valence-corrected chi connectivity index (χ1v) is 8.81. The molecule has 5 nitrogen and oxygen atoms in total. The number of carbonyl (C=O) groups is 1. The number of aromatic nitrogens is 1. The van der Waals surface area contributed by atoms with Crippen molar-refractivity contribution in [3.05, 3.63) is 4.88 Å². The molecule has 0 aromatic carbocycles. The summed E-state index contributed by atoms with van der Waals surface area (Å²) in [4.78, 5) is 17.2. The van der Waals surface area contributed by atoms with E-state index in [4.69, 9.17) is 5.73 Å². The first-order valence-electron chi connectivity index (χ1n) is 7.99. The first-order chi connectivity index (χ1) is 10.2. The summed E-state index contributed by atoms with van der Waals surface area (Å²) in [7, 11) is 0. The Hall–Kier alpha value is -1.30. The molecule has 2 unspecified atom stereocenters. The van der Waals surface area contributed by atoms with Gasteiger partial charge in [-0.15, -0.1) is 0 Å². The van der Waals surface area contributed by atoms with Crippen LogP contribution in [-0.2, 0) is 0 Å². The zero-order valence-corrected chi connectivity index (χ0v) is 13.3. The van der Waals surface area contributed by atoms with Crippen molar-refractivity contribution in [2.75, 3.05) is 11.1 Å². The summed E-state index contributed by atoms with van der Waals surface area (Å²) in [5, 5.41) is 7.22. The number of anilines is 2. The fourth-order valence-electron chi connectivity index (χ4n) is 3.00. The molecule has 21 heavy (non-hydrogen) atoms. The van der Waals surface area contributed by atoms with Crippen molar-refractivity contribution in [2.24, 2.45) is 5.92 Å². The molecule has 1 aromatic rings. The van der Waals surface area contributed by atoms with E-state index in [2.05, 4.69) is 22.5 Å². The monoisotopic (exact) mass is 308 g/mol. The summed E-state index contributed by atoms with van der Waals surface area (Å²) >= 11 is 1.37. The Balaban J connectivity index is 1.60. The molecule has 2 fully saturated rings. The molecule has 2 atom stereocenters. The van der Waals surface area contributed by atoms with Gasteiger partial charge in [0.05, 0.1) is 0 Å². The summed E-state index contributed by atoms with van der Waals surface area (Å²) in [6.07, 6.45) is 8.23. The summed E-state index contributed by atoms with van der Waals surface area (Å²) in [6.45, 7) is 2.23. The van der Waals surface area contributed by atoms with Crippen molar-refractivity contribution in [1.29, 1.82) is 0 Å². The second kappa shape index (κ2) is 6.22. The van der Waals surface area contributed by atoms with E-state index in [1.54, 1.807) is 0 Å². The number of hydrogen-bond donors (Lipinski definition) is 3. The molecule has 2 aliphatic carbocycles. The Morgan fingerprint density at radius 3 is 2.86 bits per heavy atom. The van der Waals surface area contributed by atoms with Gasteiger partial charge in [0, 0.05) is 12.1 Å². The van der Waals surface area contributed by atoms with Crippen molar-refractivity contribution in [3.63, 3.8) is 0 Å². The molecule has 2 saturated carbocycles. The van der Waals surface area contributed by atoms with Gasteiger partial charge in [-0.3, -0.25) is 4.79 Å². The molecule has 3 rings (SSSR count). The Morgan fingerprint density at radius 1 is 1.33 bits per heavy atom. The molecule has 116 valence electrons. The second-order valence-corrected chi connectivity index (χ2v) is 7.26. The minimum Gasteiger partial charge on any atom is -0.382 e. The topological polar surface area (TPSA) is 80.0 Å². The highest BCUT2D eigenvalue weighted by Gasteiger charge is 2.26. The van der Waals surface area contributed by atoms with Gasteiger partial charge in [0.1, 0.15) is 10.7 Å². The lowest BCUT2D eigenvalue weighted by Crippen LogP contribution is -2.38. The van der Waals surface area contributed by atoms with Crippen LogP contribution in [-0.4, -0.2) is 23.0 Å². The van der Waals surface area contributed by atoms with Crippen LogP contribution in [0.2, 0.25) is 0 Å². The third-order valence-corrected chi connectivity index (χ3v) is 5.46. The molecule has 2 aliphatic rings. The van der Waals surface area contributed by atoms with Gasteiger partial charge in [-0.1, -0.05) is 37.5 Å². The van der Waals surface area contributed by atoms with Crippen LogP contribution < -0.4 is 16.4 Å². The minimum atomic E-state index is -0.0596. The highest BCUT2D eigenvalue weighted by Crippen LogP contribution is 2.31. The maximum Gasteiger partial charge on any atom is 0.265 e. The molecule has 4 N–H and O–H groups in total. The zero-order chi connectivity index (χ0) is 14.8. The van der Waals surface area contributed by atoms with Crippen LogP contribution >= 0.6 is 11.3 Å². The second-order valence-electron chi connectivity index (χ2n) is 6.26. The van der Waals surface area contributed by atoms with Crippen molar-refractivity contribution in [3.8, 4) is 0 Å². The molecule has 0 spiro atoms. The molecule has 6 heteroatoms. The van der Waals surface area contributed by atoms with Crippen LogP contribution in [0.1, 0.15) is 61.5 Å². The number of carbonyl (C=O) groups excluding carboxylic acids is 1. The van der Waals surface area contributed by atoms with Gasteiger partial charge in [0.2, 0.25) is 0 Å². The van der Waals surface area contributed by atoms with Gasteiger partial charge in [-0.25, -0.2) is 4.98 Å². The van der Waals surface area contributed by atoms with Gasteiger partial charge in [0.25, 0.3) is 5.91 Å². The molecule has 0 radical (unpaired) electrons. The van der Waals surface area contributed by atoms with E-state index in [-0.39, 0.29) is 11.9 Å². The maximum atomic E-state index is 12.4. The predicted octanol–water partition coefficient (Wildman–Crippen LogP) is 3.00. The van der Waals surface area contributed by atoms with E-state index in [1.807, 2.05) is 0 Å². The highest BCUT2D eigenvalue weighted by molar-refractivity contribution is 7.18.